The standard InChI is InChI=1S/C13H23NO2/c1-5-6-7-8-10-14-11-9-12(15)16-13(2,3)4/h1,14H,6-11H2,2-4H3. The van der Waals surface area contributed by atoms with Gasteiger partial charge in [0.05, 0.1) is 6.42 Å². The molecule has 0 heterocycles. The fourth-order valence-electron chi connectivity index (χ4n) is 1.19. The lowest BCUT2D eigenvalue weighted by atomic mass is 10.2. The molecule has 0 saturated carbocycles. The Morgan fingerprint density at radius 2 is 2.00 bits per heavy atom. The number of unbranched alkanes of at least 4 members (excludes halogenated alkanes) is 2. The van der Waals surface area contributed by atoms with Crippen LogP contribution in [0.5, 0.6) is 0 Å². The van der Waals surface area contributed by atoms with Gasteiger partial charge in [-0.25, -0.2) is 0 Å². The Bertz CT molecular complexity index is 235. The Morgan fingerprint density at radius 1 is 1.31 bits per heavy atom. The number of terminal acetylenes is 1. The predicted molar refractivity (Wildman–Crippen MR) is 66.0 cm³/mol. The Balaban J connectivity index is 3.32. The molecular formula is C13H23NO2. The molecule has 0 spiro atoms. The minimum atomic E-state index is -0.385. The molecule has 0 saturated heterocycles. The lowest BCUT2D eigenvalue weighted by molar-refractivity contribution is -0.154. The minimum Gasteiger partial charge on any atom is -0.460 e. The lowest BCUT2D eigenvalue weighted by Gasteiger charge is -2.19. The zero-order valence-corrected chi connectivity index (χ0v) is 10.6. The molecule has 3 heteroatoms. The van der Waals surface area contributed by atoms with Crippen LogP contribution >= 0.6 is 0 Å². The third-order valence-corrected chi connectivity index (χ3v) is 1.85. The Kier molecular flexibility index (Phi) is 7.66. The normalized spacial score (nSPS) is 10.9. The molecule has 0 aromatic rings. The monoisotopic (exact) mass is 225 g/mol. The SMILES string of the molecule is C#CCCCCNCCC(=O)OC(C)(C)C. The number of hydrogen-bond acceptors (Lipinski definition) is 3. The number of rotatable bonds is 7. The van der Waals surface area contributed by atoms with Crippen molar-refractivity contribution in [3.63, 3.8) is 0 Å². The van der Waals surface area contributed by atoms with Crippen molar-refractivity contribution in [2.75, 3.05) is 13.1 Å². The maximum Gasteiger partial charge on any atom is 0.307 e. The molecule has 0 bridgehead atoms. The molecule has 0 aliphatic carbocycles. The molecule has 0 radical (unpaired) electrons. The molecule has 1 N–H and O–H groups in total. The van der Waals surface area contributed by atoms with Gasteiger partial charge in [-0.05, 0) is 40.2 Å². The van der Waals surface area contributed by atoms with Gasteiger partial charge in [-0.1, -0.05) is 0 Å². The van der Waals surface area contributed by atoms with Crippen LogP contribution in [0.4, 0.5) is 0 Å². The smallest absolute Gasteiger partial charge is 0.307 e. The number of carbonyl (C=O) groups is 1. The van der Waals surface area contributed by atoms with E-state index in [0.29, 0.717) is 13.0 Å². The second-order valence-electron chi connectivity index (χ2n) is 4.75. The molecule has 0 rings (SSSR count). The van der Waals surface area contributed by atoms with Gasteiger partial charge in [-0.2, -0.15) is 0 Å². The van der Waals surface area contributed by atoms with Crippen LogP contribution in [0.15, 0.2) is 0 Å². The largest absolute Gasteiger partial charge is 0.460 e. The first-order valence-electron chi connectivity index (χ1n) is 5.82. The Morgan fingerprint density at radius 3 is 2.56 bits per heavy atom. The molecule has 0 unspecified atom stereocenters. The minimum absolute atomic E-state index is 0.149. The summed E-state index contributed by atoms with van der Waals surface area (Å²) in [6.07, 6.45) is 8.48. The number of esters is 1. The molecule has 3 nitrogen and oxygen atoms in total. The highest BCUT2D eigenvalue weighted by molar-refractivity contribution is 5.70. The van der Waals surface area contributed by atoms with Gasteiger partial charge in [0.1, 0.15) is 5.60 Å². The molecule has 0 aromatic heterocycles. The van der Waals surface area contributed by atoms with E-state index in [2.05, 4.69) is 11.2 Å². The molecule has 0 fully saturated rings. The van der Waals surface area contributed by atoms with Crippen molar-refractivity contribution >= 4 is 5.97 Å². The molecule has 0 aliphatic rings. The van der Waals surface area contributed by atoms with E-state index < -0.39 is 0 Å². The topological polar surface area (TPSA) is 38.3 Å². The van der Waals surface area contributed by atoms with Crippen LogP contribution < -0.4 is 5.32 Å². The van der Waals surface area contributed by atoms with Gasteiger partial charge in [-0.3, -0.25) is 4.79 Å². The summed E-state index contributed by atoms with van der Waals surface area (Å²) >= 11 is 0. The van der Waals surface area contributed by atoms with E-state index >= 15 is 0 Å². The van der Waals surface area contributed by atoms with E-state index in [-0.39, 0.29) is 11.6 Å². The predicted octanol–water partition coefficient (Wildman–Crippen LogP) is 2.11. The molecule has 0 aliphatic heterocycles. The number of carbonyl (C=O) groups excluding carboxylic acids is 1. The third-order valence-electron chi connectivity index (χ3n) is 1.85. The van der Waals surface area contributed by atoms with E-state index in [0.717, 1.165) is 25.8 Å². The molecule has 0 aromatic carbocycles. The fraction of sp³-hybridized carbons (Fsp3) is 0.769. The summed E-state index contributed by atoms with van der Waals surface area (Å²) in [4.78, 5) is 11.3. The van der Waals surface area contributed by atoms with E-state index in [1.165, 1.54) is 0 Å². The van der Waals surface area contributed by atoms with Gasteiger partial charge in [0.15, 0.2) is 0 Å². The molecular weight excluding hydrogens is 202 g/mol. The Hall–Kier alpha value is -1.01. The number of nitrogens with one attached hydrogen (secondary N) is 1. The van der Waals surface area contributed by atoms with Crippen molar-refractivity contribution in [3.05, 3.63) is 0 Å². The van der Waals surface area contributed by atoms with Gasteiger partial charge in [0.25, 0.3) is 0 Å². The van der Waals surface area contributed by atoms with Crippen LogP contribution in [0.1, 0.15) is 46.5 Å². The summed E-state index contributed by atoms with van der Waals surface area (Å²) < 4.78 is 5.18. The maximum absolute atomic E-state index is 11.3. The number of ether oxygens (including phenoxy) is 1. The quantitative estimate of drug-likeness (QED) is 0.410. The highest BCUT2D eigenvalue weighted by Gasteiger charge is 2.15. The second-order valence-corrected chi connectivity index (χ2v) is 4.75. The second kappa shape index (κ2) is 8.18. The van der Waals surface area contributed by atoms with Gasteiger partial charge < -0.3 is 10.1 Å². The fourth-order valence-corrected chi connectivity index (χ4v) is 1.19. The summed E-state index contributed by atoms with van der Waals surface area (Å²) in [5, 5.41) is 3.19. The van der Waals surface area contributed by atoms with Crippen molar-refractivity contribution in [2.45, 2.75) is 52.1 Å². The van der Waals surface area contributed by atoms with Crippen LogP contribution in [0.2, 0.25) is 0 Å². The first kappa shape index (κ1) is 15.0. The third kappa shape index (κ3) is 11.1. The van der Waals surface area contributed by atoms with Crippen molar-refractivity contribution < 1.29 is 9.53 Å². The average molecular weight is 225 g/mol. The Labute approximate surface area is 98.9 Å². The molecule has 0 amide bonds. The summed E-state index contributed by atoms with van der Waals surface area (Å²) in [5.41, 5.74) is -0.385. The van der Waals surface area contributed by atoms with Crippen LogP contribution in [0.3, 0.4) is 0 Å². The van der Waals surface area contributed by atoms with E-state index in [4.69, 9.17) is 11.2 Å². The zero-order chi connectivity index (χ0) is 12.4. The van der Waals surface area contributed by atoms with Gasteiger partial charge in [0.2, 0.25) is 0 Å². The van der Waals surface area contributed by atoms with Crippen LogP contribution in [0, 0.1) is 12.3 Å². The summed E-state index contributed by atoms with van der Waals surface area (Å²) in [6, 6.07) is 0. The maximum atomic E-state index is 11.3. The van der Waals surface area contributed by atoms with Crippen LogP contribution in [-0.2, 0) is 9.53 Å². The zero-order valence-electron chi connectivity index (χ0n) is 10.6. The number of hydrogen-bond donors (Lipinski definition) is 1. The molecule has 16 heavy (non-hydrogen) atoms. The first-order valence-corrected chi connectivity index (χ1v) is 5.82. The van der Waals surface area contributed by atoms with Gasteiger partial charge in [-0.15, -0.1) is 12.3 Å². The first-order chi connectivity index (χ1) is 7.45. The van der Waals surface area contributed by atoms with Gasteiger partial charge >= 0.3 is 5.97 Å². The van der Waals surface area contributed by atoms with Crippen molar-refractivity contribution in [3.8, 4) is 12.3 Å². The highest BCUT2D eigenvalue weighted by Crippen LogP contribution is 2.07. The van der Waals surface area contributed by atoms with Crippen molar-refractivity contribution in [1.29, 1.82) is 0 Å². The van der Waals surface area contributed by atoms with E-state index in [1.54, 1.807) is 0 Å². The summed E-state index contributed by atoms with van der Waals surface area (Å²) in [6.45, 7) is 7.20. The summed E-state index contributed by atoms with van der Waals surface area (Å²) in [7, 11) is 0. The van der Waals surface area contributed by atoms with Crippen molar-refractivity contribution in [2.24, 2.45) is 0 Å². The van der Waals surface area contributed by atoms with E-state index in [9.17, 15) is 4.79 Å². The average Bonchev–Trinajstić information content (AvgIpc) is 2.13. The van der Waals surface area contributed by atoms with Crippen molar-refractivity contribution in [1.82, 2.24) is 5.32 Å². The van der Waals surface area contributed by atoms with E-state index in [1.807, 2.05) is 20.8 Å². The van der Waals surface area contributed by atoms with Crippen LogP contribution in [0.25, 0.3) is 0 Å². The van der Waals surface area contributed by atoms with Crippen LogP contribution in [-0.4, -0.2) is 24.7 Å². The molecule has 0 atom stereocenters. The van der Waals surface area contributed by atoms with Gasteiger partial charge in [0, 0.05) is 13.0 Å². The summed E-state index contributed by atoms with van der Waals surface area (Å²) in [5.74, 6) is 2.45. The lowest BCUT2D eigenvalue weighted by Crippen LogP contribution is -2.27. The highest BCUT2D eigenvalue weighted by atomic mass is 16.6. The molecule has 92 valence electrons.